The minimum atomic E-state index is -1.15. The number of aromatic carboxylic acids is 2. The van der Waals surface area contributed by atoms with Crippen molar-refractivity contribution in [2.45, 2.75) is 19.3 Å². The van der Waals surface area contributed by atoms with Crippen LogP contribution in [0.4, 0.5) is 11.4 Å². The first-order chi connectivity index (χ1) is 12.4. The molecule has 0 amide bonds. The van der Waals surface area contributed by atoms with Crippen molar-refractivity contribution >= 4 is 34.9 Å². The number of aryl methyl sites for hydroxylation is 2. The molecule has 0 aliphatic carbocycles. The minimum absolute atomic E-state index is 0.0218. The molecule has 0 bridgehead atoms. The highest BCUT2D eigenvalue weighted by Gasteiger charge is 2.16. The highest BCUT2D eigenvalue weighted by molar-refractivity contribution is 6.30. The molecule has 0 aliphatic rings. The average Bonchev–Trinajstić information content (AvgIpc) is 2.62. The lowest BCUT2D eigenvalue weighted by molar-refractivity contribution is 0.0681. The van der Waals surface area contributed by atoms with Gasteiger partial charge in [0.2, 0.25) is 0 Å². The molecule has 2 aromatic rings. The molecule has 2 rings (SSSR count). The summed E-state index contributed by atoms with van der Waals surface area (Å²) in [4.78, 5) is 30.2. The fourth-order valence-corrected chi connectivity index (χ4v) is 2.78. The van der Waals surface area contributed by atoms with E-state index in [9.17, 15) is 9.59 Å². The van der Waals surface area contributed by atoms with Crippen molar-refractivity contribution in [3.05, 3.63) is 46.0 Å². The molecule has 0 fully saturated rings. The molecule has 0 radical (unpaired) electrons. The van der Waals surface area contributed by atoms with Crippen molar-refractivity contribution in [1.82, 2.24) is 9.97 Å². The normalized spacial score (nSPS) is 10.4. The third-order valence-electron chi connectivity index (χ3n) is 3.85. The number of pyridine rings is 2. The maximum Gasteiger partial charge on any atom is 0.356 e. The monoisotopic (exact) mass is 378 g/mol. The first kappa shape index (κ1) is 19.5. The van der Waals surface area contributed by atoms with E-state index < -0.39 is 11.9 Å². The number of hydrogen-bond donors (Lipinski definition) is 4. The molecule has 2 heterocycles. The van der Waals surface area contributed by atoms with Crippen LogP contribution in [0.25, 0.3) is 0 Å². The number of hydrogen-bond acceptors (Lipinski definition) is 6. The highest BCUT2D eigenvalue weighted by Crippen LogP contribution is 2.24. The molecule has 0 saturated carbocycles. The fourth-order valence-electron chi connectivity index (χ4n) is 2.55. The predicted molar refractivity (Wildman–Crippen MR) is 98.5 cm³/mol. The Labute approximate surface area is 155 Å². The van der Waals surface area contributed by atoms with Crippen LogP contribution in [0.3, 0.4) is 0 Å². The van der Waals surface area contributed by atoms with Gasteiger partial charge >= 0.3 is 11.9 Å². The number of aromatic nitrogens is 2. The summed E-state index contributed by atoms with van der Waals surface area (Å²) in [7, 11) is 3.26. The van der Waals surface area contributed by atoms with Gasteiger partial charge in [-0.2, -0.15) is 0 Å². The van der Waals surface area contributed by atoms with E-state index in [4.69, 9.17) is 21.8 Å². The van der Waals surface area contributed by atoms with Gasteiger partial charge in [-0.1, -0.05) is 11.6 Å². The van der Waals surface area contributed by atoms with Crippen LogP contribution in [0.5, 0.6) is 0 Å². The van der Waals surface area contributed by atoms with Crippen LogP contribution in [0.15, 0.2) is 18.3 Å². The van der Waals surface area contributed by atoms with Gasteiger partial charge in [-0.25, -0.2) is 19.6 Å². The lowest BCUT2D eigenvalue weighted by Crippen LogP contribution is -2.08. The third-order valence-corrected chi connectivity index (χ3v) is 4.18. The zero-order chi connectivity index (χ0) is 19.3. The second-order valence-corrected chi connectivity index (χ2v) is 5.90. The summed E-state index contributed by atoms with van der Waals surface area (Å²) in [6.07, 6.45) is 3.51. The number of nitrogens with zero attached hydrogens (tertiary/aromatic N) is 2. The number of halogens is 1. The summed E-state index contributed by atoms with van der Waals surface area (Å²) in [5, 5.41) is 24.0. The van der Waals surface area contributed by atoms with E-state index in [0.29, 0.717) is 30.6 Å². The molecular weight excluding hydrogens is 360 g/mol. The summed E-state index contributed by atoms with van der Waals surface area (Å²) < 4.78 is 0. The van der Waals surface area contributed by atoms with E-state index in [0.717, 1.165) is 11.1 Å². The molecule has 138 valence electrons. The number of carboxylic acids is 2. The van der Waals surface area contributed by atoms with Gasteiger partial charge in [0.25, 0.3) is 0 Å². The Hall–Kier alpha value is -2.87. The quantitative estimate of drug-likeness (QED) is 0.517. The summed E-state index contributed by atoms with van der Waals surface area (Å²) in [6.45, 7) is 0. The number of carboxylic acid groups (broad SMARTS) is 2. The largest absolute Gasteiger partial charge is 0.476 e. The number of anilines is 2. The van der Waals surface area contributed by atoms with Crippen molar-refractivity contribution in [3.63, 3.8) is 0 Å². The predicted octanol–water partition coefficient (Wildman–Crippen LogP) is 2.79. The second kappa shape index (κ2) is 8.48. The van der Waals surface area contributed by atoms with Gasteiger partial charge in [0.1, 0.15) is 5.15 Å². The summed E-state index contributed by atoms with van der Waals surface area (Å²) in [5.74, 6) is -2.23. The van der Waals surface area contributed by atoms with Crippen LogP contribution in [-0.4, -0.2) is 46.2 Å². The smallest absolute Gasteiger partial charge is 0.356 e. The van der Waals surface area contributed by atoms with Crippen molar-refractivity contribution in [1.29, 1.82) is 0 Å². The van der Waals surface area contributed by atoms with E-state index >= 15 is 0 Å². The van der Waals surface area contributed by atoms with Crippen LogP contribution in [0.1, 0.15) is 38.5 Å². The molecule has 0 unspecified atom stereocenters. The number of carbonyl (C=O) groups is 2. The Morgan fingerprint density at radius 3 is 2.23 bits per heavy atom. The summed E-state index contributed by atoms with van der Waals surface area (Å²) in [5.41, 5.74) is 2.35. The SMILES string of the molecule is CNc1cc(CCCc2cc(NC)c(C(=O)O)nc2Cl)cnc1C(=O)O. The van der Waals surface area contributed by atoms with Gasteiger partial charge < -0.3 is 20.8 Å². The Kier molecular flexibility index (Phi) is 6.35. The van der Waals surface area contributed by atoms with Gasteiger partial charge in [0.15, 0.2) is 11.4 Å². The zero-order valence-electron chi connectivity index (χ0n) is 14.3. The van der Waals surface area contributed by atoms with Gasteiger partial charge in [-0.15, -0.1) is 0 Å². The van der Waals surface area contributed by atoms with Crippen molar-refractivity contribution in [3.8, 4) is 0 Å². The Morgan fingerprint density at radius 2 is 1.65 bits per heavy atom. The summed E-state index contributed by atoms with van der Waals surface area (Å²) >= 11 is 6.10. The van der Waals surface area contributed by atoms with E-state index in [1.165, 1.54) is 6.20 Å². The van der Waals surface area contributed by atoms with E-state index in [1.807, 2.05) is 0 Å². The van der Waals surface area contributed by atoms with Gasteiger partial charge in [-0.3, -0.25) is 0 Å². The topological polar surface area (TPSA) is 124 Å². The van der Waals surface area contributed by atoms with Crippen molar-refractivity contribution in [2.24, 2.45) is 0 Å². The molecular formula is C17H19ClN4O4. The highest BCUT2D eigenvalue weighted by atomic mass is 35.5. The molecule has 0 spiro atoms. The molecule has 4 N–H and O–H groups in total. The second-order valence-electron chi connectivity index (χ2n) is 5.54. The lowest BCUT2D eigenvalue weighted by atomic mass is 10.0. The number of nitrogens with one attached hydrogen (secondary N) is 2. The van der Waals surface area contributed by atoms with Crippen LogP contribution < -0.4 is 10.6 Å². The molecule has 0 atom stereocenters. The van der Waals surface area contributed by atoms with E-state index in [1.54, 1.807) is 26.2 Å². The van der Waals surface area contributed by atoms with Crippen LogP contribution in [-0.2, 0) is 12.8 Å². The van der Waals surface area contributed by atoms with Gasteiger partial charge in [0.05, 0.1) is 11.4 Å². The first-order valence-corrected chi connectivity index (χ1v) is 8.25. The third kappa shape index (κ3) is 4.40. The Morgan fingerprint density at radius 1 is 1.04 bits per heavy atom. The average molecular weight is 379 g/mol. The van der Waals surface area contributed by atoms with E-state index in [-0.39, 0.29) is 16.5 Å². The fraction of sp³-hybridized carbons (Fsp3) is 0.294. The standard InChI is InChI=1S/C17H19ClN4O4/c1-19-11-6-9(8-21-13(11)16(23)24)4-3-5-10-7-12(20-2)14(17(25)26)22-15(10)18/h6-8,19-20H,3-5H2,1-2H3,(H,23,24)(H,25,26). The first-order valence-electron chi connectivity index (χ1n) is 7.87. The van der Waals surface area contributed by atoms with Crippen LogP contribution in [0, 0.1) is 0 Å². The molecule has 2 aromatic heterocycles. The molecule has 8 nitrogen and oxygen atoms in total. The maximum absolute atomic E-state index is 11.2. The van der Waals surface area contributed by atoms with E-state index in [2.05, 4.69) is 20.6 Å². The van der Waals surface area contributed by atoms with Gasteiger partial charge in [0, 0.05) is 20.3 Å². The zero-order valence-corrected chi connectivity index (χ0v) is 15.1. The molecule has 9 heteroatoms. The van der Waals surface area contributed by atoms with Crippen molar-refractivity contribution in [2.75, 3.05) is 24.7 Å². The van der Waals surface area contributed by atoms with Gasteiger partial charge in [-0.05, 0) is 42.5 Å². The lowest BCUT2D eigenvalue weighted by Gasteiger charge is -2.11. The van der Waals surface area contributed by atoms with Crippen LogP contribution in [0.2, 0.25) is 5.15 Å². The minimum Gasteiger partial charge on any atom is -0.476 e. The van der Waals surface area contributed by atoms with Crippen LogP contribution >= 0.6 is 11.6 Å². The Bertz CT molecular complexity index is 842. The maximum atomic E-state index is 11.2. The molecule has 0 saturated heterocycles. The summed E-state index contributed by atoms with van der Waals surface area (Å²) in [6, 6.07) is 3.44. The number of rotatable bonds is 8. The molecule has 0 aromatic carbocycles. The van der Waals surface area contributed by atoms with Crippen molar-refractivity contribution < 1.29 is 19.8 Å². The molecule has 26 heavy (non-hydrogen) atoms. The molecule has 0 aliphatic heterocycles. The Balaban J connectivity index is 2.10.